The first-order valence-corrected chi connectivity index (χ1v) is 6.51. The molecule has 0 aliphatic carbocycles. The zero-order chi connectivity index (χ0) is 11.6. The summed E-state index contributed by atoms with van der Waals surface area (Å²) in [4.78, 5) is 15.4. The lowest BCUT2D eigenvalue weighted by atomic mass is 10.4. The Morgan fingerprint density at radius 1 is 1.50 bits per heavy atom. The Labute approximate surface area is 101 Å². The molecular weight excluding hydrogens is 222 g/mol. The van der Waals surface area contributed by atoms with Crippen molar-refractivity contribution in [2.24, 2.45) is 0 Å². The van der Waals surface area contributed by atoms with E-state index in [9.17, 15) is 4.79 Å². The predicted molar refractivity (Wildman–Crippen MR) is 65.4 cm³/mol. The normalized spacial score (nSPS) is 10.1. The number of pyridine rings is 1. The third-order valence-corrected chi connectivity index (χ3v) is 2.90. The molecule has 0 radical (unpaired) electrons. The Balaban J connectivity index is 2.09. The molecular formula is C12H17NO2S. The van der Waals surface area contributed by atoms with Gasteiger partial charge in [0.15, 0.2) is 0 Å². The highest BCUT2D eigenvalue weighted by Gasteiger charge is 2.03. The molecule has 0 spiro atoms. The summed E-state index contributed by atoms with van der Waals surface area (Å²) < 4.78 is 5.05. The van der Waals surface area contributed by atoms with Crippen LogP contribution in [0.15, 0.2) is 29.4 Å². The summed E-state index contributed by atoms with van der Waals surface area (Å²) in [6.07, 6.45) is 4.20. The van der Waals surface area contributed by atoms with Gasteiger partial charge in [0.1, 0.15) is 0 Å². The van der Waals surface area contributed by atoms with Crippen molar-refractivity contribution in [3.05, 3.63) is 24.4 Å². The largest absolute Gasteiger partial charge is 0.466 e. The van der Waals surface area contributed by atoms with E-state index in [1.165, 1.54) is 0 Å². The molecule has 0 aliphatic heterocycles. The highest BCUT2D eigenvalue weighted by atomic mass is 32.2. The monoisotopic (exact) mass is 239 g/mol. The maximum absolute atomic E-state index is 11.3. The van der Waals surface area contributed by atoms with E-state index in [1.54, 1.807) is 18.0 Å². The Morgan fingerprint density at radius 3 is 3.06 bits per heavy atom. The molecule has 0 bridgehead atoms. The molecule has 4 heteroatoms. The first kappa shape index (κ1) is 13.0. The summed E-state index contributed by atoms with van der Waals surface area (Å²) in [6, 6.07) is 5.76. The second kappa shape index (κ2) is 8.16. The summed E-state index contributed by atoms with van der Waals surface area (Å²) in [5.41, 5.74) is 0. The van der Waals surface area contributed by atoms with Crippen molar-refractivity contribution in [1.82, 2.24) is 4.98 Å². The second-order valence-corrected chi connectivity index (χ2v) is 4.46. The number of esters is 1. The van der Waals surface area contributed by atoms with Gasteiger partial charge in [-0.1, -0.05) is 19.4 Å². The van der Waals surface area contributed by atoms with Gasteiger partial charge in [0.2, 0.25) is 0 Å². The van der Waals surface area contributed by atoms with Gasteiger partial charge in [-0.15, -0.1) is 11.8 Å². The van der Waals surface area contributed by atoms with Crippen LogP contribution in [0.2, 0.25) is 0 Å². The van der Waals surface area contributed by atoms with E-state index in [0.29, 0.717) is 13.0 Å². The fourth-order valence-electron chi connectivity index (χ4n) is 1.07. The van der Waals surface area contributed by atoms with Crippen molar-refractivity contribution >= 4 is 17.7 Å². The lowest BCUT2D eigenvalue weighted by Gasteiger charge is -2.03. The standard InChI is InChI=1S/C12H17NO2S/c1-2-3-9-15-12(14)7-10-16-11-6-4-5-8-13-11/h4-6,8H,2-3,7,9-10H2,1H3. The van der Waals surface area contributed by atoms with Crippen LogP contribution in [0.1, 0.15) is 26.2 Å². The number of carbonyl (C=O) groups excluding carboxylic acids is 1. The van der Waals surface area contributed by atoms with E-state index in [-0.39, 0.29) is 5.97 Å². The van der Waals surface area contributed by atoms with Crippen LogP contribution in [0.4, 0.5) is 0 Å². The zero-order valence-electron chi connectivity index (χ0n) is 9.52. The summed E-state index contributed by atoms with van der Waals surface area (Å²) in [6.45, 7) is 2.62. The van der Waals surface area contributed by atoms with Gasteiger partial charge in [-0.25, -0.2) is 4.98 Å². The first-order valence-electron chi connectivity index (χ1n) is 5.52. The van der Waals surface area contributed by atoms with E-state index in [4.69, 9.17) is 4.74 Å². The van der Waals surface area contributed by atoms with Gasteiger partial charge in [-0.05, 0) is 18.6 Å². The minimum Gasteiger partial charge on any atom is -0.466 e. The van der Waals surface area contributed by atoms with Crippen molar-refractivity contribution in [2.75, 3.05) is 12.4 Å². The number of ether oxygens (including phenoxy) is 1. The van der Waals surface area contributed by atoms with Crippen LogP contribution in [-0.2, 0) is 9.53 Å². The Hall–Kier alpha value is -1.03. The third-order valence-electron chi connectivity index (χ3n) is 1.95. The van der Waals surface area contributed by atoms with Crippen LogP contribution in [0.5, 0.6) is 0 Å². The van der Waals surface area contributed by atoms with Crippen LogP contribution < -0.4 is 0 Å². The van der Waals surface area contributed by atoms with Crippen molar-refractivity contribution < 1.29 is 9.53 Å². The summed E-state index contributed by atoms with van der Waals surface area (Å²) in [7, 11) is 0. The molecule has 0 aromatic carbocycles. The number of hydrogen-bond donors (Lipinski definition) is 0. The van der Waals surface area contributed by atoms with Gasteiger partial charge in [0, 0.05) is 11.9 Å². The fourth-order valence-corrected chi connectivity index (χ4v) is 1.86. The van der Waals surface area contributed by atoms with Gasteiger partial charge in [-0.2, -0.15) is 0 Å². The first-order chi connectivity index (χ1) is 7.83. The second-order valence-electron chi connectivity index (χ2n) is 3.34. The average Bonchev–Trinajstić information content (AvgIpc) is 2.31. The van der Waals surface area contributed by atoms with Crippen molar-refractivity contribution in [3.8, 4) is 0 Å². The van der Waals surface area contributed by atoms with E-state index in [1.807, 2.05) is 18.2 Å². The molecule has 0 amide bonds. The molecule has 0 N–H and O–H groups in total. The molecule has 0 aliphatic rings. The molecule has 1 heterocycles. The lowest BCUT2D eigenvalue weighted by Crippen LogP contribution is -2.06. The van der Waals surface area contributed by atoms with E-state index >= 15 is 0 Å². The number of hydrogen-bond acceptors (Lipinski definition) is 4. The molecule has 3 nitrogen and oxygen atoms in total. The van der Waals surface area contributed by atoms with E-state index in [0.717, 1.165) is 23.6 Å². The quantitative estimate of drug-likeness (QED) is 0.416. The van der Waals surface area contributed by atoms with Gasteiger partial charge >= 0.3 is 5.97 Å². The molecule has 1 aromatic rings. The Morgan fingerprint density at radius 2 is 2.38 bits per heavy atom. The van der Waals surface area contributed by atoms with Crippen LogP contribution in [0, 0.1) is 0 Å². The lowest BCUT2D eigenvalue weighted by molar-refractivity contribution is -0.143. The Bertz CT molecular complexity index is 303. The van der Waals surface area contributed by atoms with Crippen molar-refractivity contribution in [1.29, 1.82) is 0 Å². The van der Waals surface area contributed by atoms with Crippen LogP contribution >= 0.6 is 11.8 Å². The molecule has 1 aromatic heterocycles. The summed E-state index contributed by atoms with van der Waals surface area (Å²) in [5.74, 6) is 0.610. The van der Waals surface area contributed by atoms with Gasteiger partial charge in [0.25, 0.3) is 0 Å². The molecule has 0 unspecified atom stereocenters. The molecule has 88 valence electrons. The average molecular weight is 239 g/mol. The summed E-state index contributed by atoms with van der Waals surface area (Å²) >= 11 is 1.58. The minimum atomic E-state index is -0.114. The highest BCUT2D eigenvalue weighted by molar-refractivity contribution is 7.99. The number of carbonyl (C=O) groups is 1. The van der Waals surface area contributed by atoms with Crippen molar-refractivity contribution in [2.45, 2.75) is 31.2 Å². The summed E-state index contributed by atoms with van der Waals surface area (Å²) in [5, 5.41) is 0.948. The molecule has 16 heavy (non-hydrogen) atoms. The maximum atomic E-state index is 11.3. The number of thioether (sulfide) groups is 1. The molecule has 1 rings (SSSR count). The van der Waals surface area contributed by atoms with Crippen LogP contribution in [-0.4, -0.2) is 23.3 Å². The third kappa shape index (κ3) is 5.75. The number of unbranched alkanes of at least 4 members (excludes halogenated alkanes) is 1. The molecule has 0 atom stereocenters. The van der Waals surface area contributed by atoms with Gasteiger partial charge < -0.3 is 4.74 Å². The van der Waals surface area contributed by atoms with Gasteiger partial charge in [0.05, 0.1) is 18.1 Å². The fraction of sp³-hybridized carbons (Fsp3) is 0.500. The van der Waals surface area contributed by atoms with Gasteiger partial charge in [-0.3, -0.25) is 4.79 Å². The molecule has 0 fully saturated rings. The van der Waals surface area contributed by atoms with Crippen LogP contribution in [0.3, 0.4) is 0 Å². The Kier molecular flexibility index (Phi) is 6.65. The minimum absolute atomic E-state index is 0.114. The highest BCUT2D eigenvalue weighted by Crippen LogP contribution is 2.14. The van der Waals surface area contributed by atoms with E-state index < -0.39 is 0 Å². The topological polar surface area (TPSA) is 39.2 Å². The van der Waals surface area contributed by atoms with E-state index in [2.05, 4.69) is 11.9 Å². The molecule has 0 saturated heterocycles. The predicted octanol–water partition coefficient (Wildman–Crippen LogP) is 2.91. The number of aromatic nitrogens is 1. The zero-order valence-corrected chi connectivity index (χ0v) is 10.3. The number of rotatable bonds is 7. The van der Waals surface area contributed by atoms with Crippen LogP contribution in [0.25, 0.3) is 0 Å². The molecule has 0 saturated carbocycles. The SMILES string of the molecule is CCCCOC(=O)CCSc1ccccn1. The maximum Gasteiger partial charge on any atom is 0.306 e. The van der Waals surface area contributed by atoms with Crippen molar-refractivity contribution in [3.63, 3.8) is 0 Å². The smallest absolute Gasteiger partial charge is 0.306 e. The number of nitrogens with zero attached hydrogens (tertiary/aromatic N) is 1.